The number of amides is 1. The number of methoxy groups -OCH3 is 1. The number of fused-ring (bicyclic) bond motifs is 1. The largest absolute Gasteiger partial charge is 0.493 e. The zero-order valence-electron chi connectivity index (χ0n) is 18.6. The van der Waals surface area contributed by atoms with Gasteiger partial charge in [0.2, 0.25) is 5.91 Å². The lowest BCUT2D eigenvalue weighted by atomic mass is 9.76. The minimum absolute atomic E-state index is 0.00122. The van der Waals surface area contributed by atoms with Gasteiger partial charge >= 0.3 is 0 Å². The molecule has 0 unspecified atom stereocenters. The fourth-order valence-electron chi connectivity index (χ4n) is 5.28. The van der Waals surface area contributed by atoms with E-state index in [1.54, 1.807) is 7.11 Å². The maximum absolute atomic E-state index is 13.4. The molecule has 166 valence electrons. The van der Waals surface area contributed by atoms with E-state index in [1.165, 1.54) is 38.5 Å². The number of carbonyl (C=O) groups excluding carboxylic acids is 1. The predicted octanol–water partition coefficient (Wildman–Crippen LogP) is 5.34. The van der Waals surface area contributed by atoms with Gasteiger partial charge in [0, 0.05) is 11.5 Å². The highest BCUT2D eigenvalue weighted by Gasteiger charge is 2.42. The summed E-state index contributed by atoms with van der Waals surface area (Å²) in [5, 5.41) is 6.93. The van der Waals surface area contributed by atoms with Gasteiger partial charge in [0.25, 0.3) is 0 Å². The van der Waals surface area contributed by atoms with Gasteiger partial charge < -0.3 is 9.47 Å². The Labute approximate surface area is 185 Å². The molecule has 2 atom stereocenters. The van der Waals surface area contributed by atoms with Crippen LogP contribution in [0.1, 0.15) is 69.8 Å². The van der Waals surface area contributed by atoms with Gasteiger partial charge in [-0.3, -0.25) is 4.79 Å². The quantitative estimate of drug-likeness (QED) is 0.460. The topological polar surface area (TPSA) is 51.1 Å². The highest BCUT2D eigenvalue weighted by atomic mass is 16.5. The van der Waals surface area contributed by atoms with Crippen LogP contribution in [0.15, 0.2) is 35.5 Å². The van der Waals surface area contributed by atoms with Crippen molar-refractivity contribution in [1.29, 1.82) is 0 Å². The van der Waals surface area contributed by atoms with E-state index in [-0.39, 0.29) is 23.8 Å². The summed E-state index contributed by atoms with van der Waals surface area (Å²) in [6.45, 7) is 0.744. The van der Waals surface area contributed by atoms with Gasteiger partial charge in [0.15, 0.2) is 11.5 Å². The van der Waals surface area contributed by atoms with Crippen LogP contribution in [0.4, 0.5) is 0 Å². The number of ether oxygens (including phenoxy) is 2. The molecule has 5 nitrogen and oxygen atoms in total. The first kappa shape index (κ1) is 20.6. The molecule has 1 amide bonds. The lowest BCUT2D eigenvalue weighted by Gasteiger charge is -2.40. The Balaban J connectivity index is 1.49. The summed E-state index contributed by atoms with van der Waals surface area (Å²) in [5.41, 5.74) is 2.10. The summed E-state index contributed by atoms with van der Waals surface area (Å²) in [7, 11) is 1.69. The SMILES string of the molecule is COc1ccc(C2=NN(C3CCCCCC3)C(=O)[C@H]3CC=CC[C@@H]23)cc1OCC1CC1. The minimum Gasteiger partial charge on any atom is -0.493 e. The third-order valence-electron chi connectivity index (χ3n) is 7.34. The van der Waals surface area contributed by atoms with Gasteiger partial charge in [-0.2, -0.15) is 5.10 Å². The third kappa shape index (κ3) is 4.37. The van der Waals surface area contributed by atoms with Crippen molar-refractivity contribution >= 4 is 11.6 Å². The van der Waals surface area contributed by atoms with Crippen molar-refractivity contribution < 1.29 is 14.3 Å². The first-order valence-electron chi connectivity index (χ1n) is 12.1. The van der Waals surface area contributed by atoms with Crippen LogP contribution in [0, 0.1) is 17.8 Å². The first-order valence-corrected chi connectivity index (χ1v) is 12.1. The summed E-state index contributed by atoms with van der Waals surface area (Å²) in [4.78, 5) is 13.4. The van der Waals surface area contributed by atoms with Crippen LogP contribution in [0.2, 0.25) is 0 Å². The number of carbonyl (C=O) groups is 1. The lowest BCUT2D eigenvalue weighted by molar-refractivity contribution is -0.140. The fraction of sp³-hybridized carbons (Fsp3) is 0.615. The van der Waals surface area contributed by atoms with Crippen LogP contribution in [0.5, 0.6) is 11.5 Å². The lowest BCUT2D eigenvalue weighted by Crippen LogP contribution is -2.49. The van der Waals surface area contributed by atoms with E-state index >= 15 is 0 Å². The number of hydrazone groups is 1. The van der Waals surface area contributed by atoms with Crippen LogP contribution in [0.3, 0.4) is 0 Å². The number of allylic oxidation sites excluding steroid dienone is 2. The molecular formula is C26H34N2O3. The average molecular weight is 423 g/mol. The number of nitrogens with zero attached hydrogens (tertiary/aromatic N) is 2. The summed E-state index contributed by atoms with van der Waals surface area (Å²) in [6.07, 6.45) is 15.6. The summed E-state index contributed by atoms with van der Waals surface area (Å²) < 4.78 is 11.7. The van der Waals surface area contributed by atoms with Crippen LogP contribution in [-0.4, -0.2) is 36.4 Å². The van der Waals surface area contributed by atoms with Crippen molar-refractivity contribution in [1.82, 2.24) is 5.01 Å². The molecule has 0 radical (unpaired) electrons. The summed E-state index contributed by atoms with van der Waals surface area (Å²) in [6, 6.07) is 6.38. The van der Waals surface area contributed by atoms with Crippen molar-refractivity contribution in [2.45, 2.75) is 70.3 Å². The van der Waals surface area contributed by atoms with E-state index < -0.39 is 0 Å². The fourth-order valence-corrected chi connectivity index (χ4v) is 5.28. The molecule has 1 aromatic carbocycles. The molecule has 1 heterocycles. The normalized spacial score (nSPS) is 26.8. The average Bonchev–Trinajstić information content (AvgIpc) is 3.65. The third-order valence-corrected chi connectivity index (χ3v) is 7.34. The van der Waals surface area contributed by atoms with E-state index in [4.69, 9.17) is 14.6 Å². The maximum Gasteiger partial charge on any atom is 0.247 e. The molecule has 2 saturated carbocycles. The second-order valence-electron chi connectivity index (χ2n) is 9.59. The van der Waals surface area contributed by atoms with Crippen molar-refractivity contribution in [2.75, 3.05) is 13.7 Å². The van der Waals surface area contributed by atoms with Crippen molar-refractivity contribution in [3.05, 3.63) is 35.9 Å². The standard InChI is InChI=1S/C26H34N2O3/c1-30-23-15-14-19(16-24(23)31-17-18-12-13-18)25-21-10-6-7-11-22(21)26(29)28(27-25)20-8-4-2-3-5-9-20/h6-7,14-16,18,20-22H,2-5,8-13,17H2,1H3/t21-,22+/m1/s1. The molecule has 4 aliphatic rings. The number of rotatable bonds is 6. The molecule has 3 aliphatic carbocycles. The monoisotopic (exact) mass is 422 g/mol. The molecule has 0 aromatic heterocycles. The van der Waals surface area contributed by atoms with E-state index in [2.05, 4.69) is 24.3 Å². The predicted molar refractivity (Wildman–Crippen MR) is 121 cm³/mol. The molecule has 0 saturated heterocycles. The van der Waals surface area contributed by atoms with Gasteiger partial charge in [-0.1, -0.05) is 37.8 Å². The molecule has 1 aromatic rings. The van der Waals surface area contributed by atoms with E-state index in [9.17, 15) is 4.79 Å². The molecule has 0 bridgehead atoms. The van der Waals surface area contributed by atoms with Gasteiger partial charge in [0.1, 0.15) is 0 Å². The summed E-state index contributed by atoms with van der Waals surface area (Å²) >= 11 is 0. The Hall–Kier alpha value is -2.30. The molecule has 2 fully saturated rings. The highest BCUT2D eigenvalue weighted by Crippen LogP contribution is 2.39. The van der Waals surface area contributed by atoms with Crippen LogP contribution in [0.25, 0.3) is 0 Å². The van der Waals surface area contributed by atoms with E-state index in [0.717, 1.165) is 55.1 Å². The van der Waals surface area contributed by atoms with Gasteiger partial charge in [-0.05, 0) is 62.6 Å². The Morgan fingerprint density at radius 2 is 1.71 bits per heavy atom. The number of hydrogen-bond acceptors (Lipinski definition) is 4. The van der Waals surface area contributed by atoms with Crippen molar-refractivity contribution in [3.8, 4) is 11.5 Å². The molecule has 5 rings (SSSR count). The molecule has 1 aliphatic heterocycles. The summed E-state index contributed by atoms with van der Waals surface area (Å²) in [5.74, 6) is 2.59. The minimum atomic E-state index is -0.00122. The van der Waals surface area contributed by atoms with Crippen LogP contribution < -0.4 is 9.47 Å². The Kier molecular flexibility index (Phi) is 6.02. The van der Waals surface area contributed by atoms with Crippen molar-refractivity contribution in [3.63, 3.8) is 0 Å². The Morgan fingerprint density at radius 3 is 2.42 bits per heavy atom. The maximum atomic E-state index is 13.4. The van der Waals surface area contributed by atoms with Gasteiger partial charge in [0.05, 0.1) is 31.4 Å². The molecule has 31 heavy (non-hydrogen) atoms. The van der Waals surface area contributed by atoms with Crippen LogP contribution in [-0.2, 0) is 4.79 Å². The van der Waals surface area contributed by atoms with Gasteiger partial charge in [-0.15, -0.1) is 0 Å². The van der Waals surface area contributed by atoms with Crippen molar-refractivity contribution in [2.24, 2.45) is 22.9 Å². The molecule has 0 N–H and O–H groups in total. The zero-order valence-corrected chi connectivity index (χ0v) is 18.6. The Morgan fingerprint density at radius 1 is 0.968 bits per heavy atom. The van der Waals surface area contributed by atoms with Crippen LogP contribution >= 0.6 is 0 Å². The zero-order chi connectivity index (χ0) is 21.2. The Bertz CT molecular complexity index is 865. The highest BCUT2D eigenvalue weighted by molar-refractivity contribution is 6.07. The molecular weight excluding hydrogens is 388 g/mol. The molecule has 5 heteroatoms. The number of hydrogen-bond donors (Lipinski definition) is 0. The molecule has 0 spiro atoms. The number of benzene rings is 1. The second-order valence-corrected chi connectivity index (χ2v) is 9.59. The van der Waals surface area contributed by atoms with E-state index in [1.807, 2.05) is 11.1 Å². The first-order chi connectivity index (χ1) is 15.2. The van der Waals surface area contributed by atoms with E-state index in [0.29, 0.717) is 5.92 Å². The second kappa shape index (κ2) is 9.05. The van der Waals surface area contributed by atoms with Gasteiger partial charge in [-0.25, -0.2) is 5.01 Å². The smallest absolute Gasteiger partial charge is 0.247 e.